The van der Waals surface area contributed by atoms with Crippen molar-refractivity contribution in [1.82, 2.24) is 0 Å². The molecule has 4 nitrogen and oxygen atoms in total. The van der Waals surface area contributed by atoms with E-state index in [0.717, 1.165) is 19.3 Å². The van der Waals surface area contributed by atoms with Crippen molar-refractivity contribution in [2.24, 2.45) is 5.92 Å². The molecule has 1 aliphatic carbocycles. The Labute approximate surface area is 96.2 Å². The van der Waals surface area contributed by atoms with E-state index in [2.05, 4.69) is 0 Å². The van der Waals surface area contributed by atoms with Crippen LogP contribution in [0, 0.1) is 5.92 Å². The molecule has 1 saturated heterocycles. The Kier molecular flexibility index (Phi) is 3.62. The lowest BCUT2D eigenvalue weighted by molar-refractivity contribution is -0.146. The Bertz CT molecular complexity index is 262. The van der Waals surface area contributed by atoms with Crippen LogP contribution in [0.1, 0.15) is 33.1 Å². The standard InChI is InChI=1S/C12H20O4/c1-12(2)15-8-10(16-12)7-14-6-9-4-3-5-11(9)13/h9-10H,3-8H2,1-2H3. The Hall–Kier alpha value is -0.450. The van der Waals surface area contributed by atoms with Crippen molar-refractivity contribution in [2.75, 3.05) is 19.8 Å². The third kappa shape index (κ3) is 3.03. The summed E-state index contributed by atoms with van der Waals surface area (Å²) < 4.78 is 16.6. The maximum Gasteiger partial charge on any atom is 0.163 e. The molecule has 2 fully saturated rings. The molecule has 4 heteroatoms. The van der Waals surface area contributed by atoms with Crippen LogP contribution in [-0.4, -0.2) is 37.5 Å². The zero-order valence-electron chi connectivity index (χ0n) is 10.0. The van der Waals surface area contributed by atoms with Gasteiger partial charge in [0.25, 0.3) is 0 Å². The van der Waals surface area contributed by atoms with E-state index in [1.165, 1.54) is 0 Å². The van der Waals surface area contributed by atoms with Crippen LogP contribution in [0.5, 0.6) is 0 Å². The summed E-state index contributed by atoms with van der Waals surface area (Å²) in [5, 5.41) is 0. The smallest absolute Gasteiger partial charge is 0.163 e. The summed E-state index contributed by atoms with van der Waals surface area (Å²) in [5.41, 5.74) is 0. The maximum absolute atomic E-state index is 11.4. The van der Waals surface area contributed by atoms with Crippen LogP contribution in [0.3, 0.4) is 0 Å². The van der Waals surface area contributed by atoms with Gasteiger partial charge < -0.3 is 14.2 Å². The van der Waals surface area contributed by atoms with Crippen LogP contribution in [-0.2, 0) is 19.0 Å². The molecule has 0 radical (unpaired) electrons. The van der Waals surface area contributed by atoms with E-state index in [1.807, 2.05) is 13.8 Å². The first-order valence-electron chi connectivity index (χ1n) is 5.99. The van der Waals surface area contributed by atoms with Crippen molar-refractivity contribution in [1.29, 1.82) is 0 Å². The molecule has 1 aliphatic heterocycles. The summed E-state index contributed by atoms with van der Waals surface area (Å²) in [4.78, 5) is 11.4. The van der Waals surface area contributed by atoms with E-state index in [4.69, 9.17) is 14.2 Å². The maximum atomic E-state index is 11.4. The first-order chi connectivity index (χ1) is 7.57. The average molecular weight is 228 g/mol. The van der Waals surface area contributed by atoms with Crippen molar-refractivity contribution >= 4 is 5.78 Å². The van der Waals surface area contributed by atoms with E-state index in [-0.39, 0.29) is 12.0 Å². The molecule has 1 saturated carbocycles. The zero-order valence-corrected chi connectivity index (χ0v) is 10.0. The number of ketones is 1. The molecule has 2 aliphatic rings. The lowest BCUT2D eigenvalue weighted by atomic mass is 10.1. The van der Waals surface area contributed by atoms with Gasteiger partial charge in [-0.1, -0.05) is 0 Å². The van der Waals surface area contributed by atoms with E-state index < -0.39 is 5.79 Å². The van der Waals surface area contributed by atoms with Gasteiger partial charge in [0.1, 0.15) is 11.9 Å². The fourth-order valence-electron chi connectivity index (χ4n) is 2.25. The van der Waals surface area contributed by atoms with Crippen LogP contribution in [0.2, 0.25) is 0 Å². The van der Waals surface area contributed by atoms with Crippen molar-refractivity contribution in [3.63, 3.8) is 0 Å². The minimum absolute atomic E-state index is 0.00602. The number of ether oxygens (including phenoxy) is 3. The van der Waals surface area contributed by atoms with Gasteiger partial charge in [0, 0.05) is 12.3 Å². The number of carbonyl (C=O) groups is 1. The highest BCUT2D eigenvalue weighted by Crippen LogP contribution is 2.24. The second-order valence-electron chi connectivity index (χ2n) is 5.04. The van der Waals surface area contributed by atoms with Gasteiger partial charge in [0.05, 0.1) is 19.8 Å². The second-order valence-corrected chi connectivity index (χ2v) is 5.04. The average Bonchev–Trinajstić information content (AvgIpc) is 2.74. The van der Waals surface area contributed by atoms with Crippen LogP contribution in [0.15, 0.2) is 0 Å². The molecular weight excluding hydrogens is 208 g/mol. The van der Waals surface area contributed by atoms with Gasteiger partial charge in [-0.15, -0.1) is 0 Å². The molecule has 2 rings (SSSR count). The van der Waals surface area contributed by atoms with Gasteiger partial charge in [-0.3, -0.25) is 4.79 Å². The fourth-order valence-corrected chi connectivity index (χ4v) is 2.25. The van der Waals surface area contributed by atoms with Gasteiger partial charge >= 0.3 is 0 Å². The quantitative estimate of drug-likeness (QED) is 0.732. The van der Waals surface area contributed by atoms with Crippen molar-refractivity contribution in [3.05, 3.63) is 0 Å². The lowest BCUT2D eigenvalue weighted by Crippen LogP contribution is -2.25. The summed E-state index contributed by atoms with van der Waals surface area (Å²) in [5.74, 6) is -0.0174. The van der Waals surface area contributed by atoms with Crippen LogP contribution < -0.4 is 0 Å². The first-order valence-corrected chi connectivity index (χ1v) is 5.99. The third-order valence-corrected chi connectivity index (χ3v) is 3.12. The number of Topliss-reactive ketones (excluding diaryl/α,β-unsaturated/α-hetero) is 1. The second kappa shape index (κ2) is 4.82. The van der Waals surface area contributed by atoms with Crippen LogP contribution in [0.4, 0.5) is 0 Å². The SMILES string of the molecule is CC1(C)OCC(COCC2CCCC2=O)O1. The van der Waals surface area contributed by atoms with Gasteiger partial charge in [-0.25, -0.2) is 0 Å². The molecule has 2 unspecified atom stereocenters. The normalized spacial score (nSPS) is 33.5. The molecule has 0 N–H and O–H groups in total. The Morgan fingerprint density at radius 1 is 1.44 bits per heavy atom. The minimum Gasteiger partial charge on any atom is -0.378 e. The Morgan fingerprint density at radius 3 is 2.81 bits per heavy atom. The lowest BCUT2D eigenvalue weighted by Gasteiger charge is -2.17. The van der Waals surface area contributed by atoms with Crippen molar-refractivity contribution in [3.8, 4) is 0 Å². The molecule has 1 heterocycles. The van der Waals surface area contributed by atoms with Crippen molar-refractivity contribution < 1.29 is 19.0 Å². The molecule has 0 aromatic carbocycles. The molecule has 0 bridgehead atoms. The number of hydrogen-bond donors (Lipinski definition) is 0. The van der Waals surface area contributed by atoms with Crippen LogP contribution in [0.25, 0.3) is 0 Å². The summed E-state index contributed by atoms with van der Waals surface area (Å²) in [6.45, 7) is 5.43. The summed E-state index contributed by atoms with van der Waals surface area (Å²) in [6.07, 6.45) is 2.73. The van der Waals surface area contributed by atoms with Crippen LogP contribution >= 0.6 is 0 Å². The number of carbonyl (C=O) groups excluding carboxylic acids is 1. The third-order valence-electron chi connectivity index (χ3n) is 3.12. The monoisotopic (exact) mass is 228 g/mol. The summed E-state index contributed by atoms with van der Waals surface area (Å²) in [7, 11) is 0. The van der Waals surface area contributed by atoms with Gasteiger partial charge in [0.2, 0.25) is 0 Å². The Morgan fingerprint density at radius 2 is 2.25 bits per heavy atom. The molecule has 0 aromatic heterocycles. The largest absolute Gasteiger partial charge is 0.378 e. The van der Waals surface area contributed by atoms with Gasteiger partial charge in [0.15, 0.2) is 5.79 Å². The molecule has 0 amide bonds. The highest BCUT2D eigenvalue weighted by Gasteiger charge is 2.33. The van der Waals surface area contributed by atoms with Crippen molar-refractivity contribution in [2.45, 2.75) is 45.0 Å². The molecule has 16 heavy (non-hydrogen) atoms. The minimum atomic E-state index is -0.489. The summed E-state index contributed by atoms with van der Waals surface area (Å²) in [6, 6.07) is 0. The first kappa shape index (κ1) is 12.0. The molecule has 0 spiro atoms. The molecule has 0 aromatic rings. The summed E-state index contributed by atoms with van der Waals surface area (Å²) >= 11 is 0. The van der Waals surface area contributed by atoms with E-state index in [1.54, 1.807) is 0 Å². The molecular formula is C12H20O4. The fraction of sp³-hybridized carbons (Fsp3) is 0.917. The zero-order chi connectivity index (χ0) is 11.6. The highest BCUT2D eigenvalue weighted by molar-refractivity contribution is 5.82. The topological polar surface area (TPSA) is 44.8 Å². The highest BCUT2D eigenvalue weighted by atomic mass is 16.7. The Balaban J connectivity index is 1.63. The molecule has 92 valence electrons. The van der Waals surface area contributed by atoms with E-state index in [0.29, 0.717) is 25.6 Å². The predicted molar refractivity (Wildman–Crippen MR) is 58.1 cm³/mol. The van der Waals surface area contributed by atoms with E-state index >= 15 is 0 Å². The molecule has 2 atom stereocenters. The number of rotatable bonds is 4. The van der Waals surface area contributed by atoms with Gasteiger partial charge in [-0.2, -0.15) is 0 Å². The predicted octanol–water partition coefficient (Wildman–Crippen LogP) is 1.52. The van der Waals surface area contributed by atoms with E-state index in [9.17, 15) is 4.79 Å². The number of hydrogen-bond acceptors (Lipinski definition) is 4. The van der Waals surface area contributed by atoms with Gasteiger partial charge in [-0.05, 0) is 26.7 Å².